The number of alkyl halides is 4. The smallest absolute Gasteiger partial charge is 0.319 e. The zero-order chi connectivity index (χ0) is 33.8. The Labute approximate surface area is 270 Å². The fourth-order valence-corrected chi connectivity index (χ4v) is 5.96. The molecule has 0 bridgehead atoms. The molecule has 3 aromatic rings. The number of anilines is 1. The fraction of sp³-hybridized carbons (Fsp3) is 0.421. The lowest BCUT2D eigenvalue weighted by atomic mass is 9.92. The van der Waals surface area contributed by atoms with E-state index in [9.17, 15) is 22.4 Å². The third-order valence-electron chi connectivity index (χ3n) is 9.20. The number of benzene rings is 3. The standard InChI is InChI=1S/C31H31F4N3O.C7H14/c1-5-26(38(30(32)33)27-12-7-6-9-19(27)2)23-17-37(18-23)29(39)22-13-14-25(20(3)15-22)28(36)21-10-8-11-24(16-21)31(4,34)35;1-3-6(2)7-4-5-7/h5-16,23,30,36H,17-18H2,1-4H3;6-7H,3-5H2,1-2H3. The molecular formula is C38H45F4N3O. The number of para-hydroxylation sites is 1. The van der Waals surface area contributed by atoms with Crippen LogP contribution < -0.4 is 4.90 Å². The second-order valence-electron chi connectivity index (χ2n) is 12.7. The Bertz CT molecular complexity index is 1570. The lowest BCUT2D eigenvalue weighted by Crippen LogP contribution is -2.53. The summed E-state index contributed by atoms with van der Waals surface area (Å²) in [5, 5.41) is 8.57. The van der Waals surface area contributed by atoms with Gasteiger partial charge in [-0.2, -0.15) is 8.78 Å². The molecule has 2 aliphatic rings. The number of nitrogens with zero attached hydrogens (tertiary/aromatic N) is 2. The van der Waals surface area contributed by atoms with E-state index in [1.54, 1.807) is 80.3 Å². The number of aryl methyl sites for hydroxylation is 2. The van der Waals surface area contributed by atoms with Crippen LogP contribution in [0.5, 0.6) is 0 Å². The number of nitrogens with one attached hydrogen (secondary N) is 1. The van der Waals surface area contributed by atoms with Crippen LogP contribution in [0.15, 0.2) is 78.5 Å². The van der Waals surface area contributed by atoms with Crippen molar-refractivity contribution in [2.75, 3.05) is 18.0 Å². The molecule has 46 heavy (non-hydrogen) atoms. The Kier molecular flexibility index (Phi) is 11.1. The Morgan fingerprint density at radius 2 is 1.67 bits per heavy atom. The minimum atomic E-state index is -3.02. The first-order valence-electron chi connectivity index (χ1n) is 16.0. The first kappa shape index (κ1) is 34.9. The summed E-state index contributed by atoms with van der Waals surface area (Å²) in [5.74, 6) is -1.35. The van der Waals surface area contributed by atoms with Crippen LogP contribution in [-0.2, 0) is 5.92 Å². The molecular weight excluding hydrogens is 590 g/mol. The van der Waals surface area contributed by atoms with E-state index in [1.165, 1.54) is 37.5 Å². The molecule has 1 saturated carbocycles. The van der Waals surface area contributed by atoms with Gasteiger partial charge in [0, 0.05) is 59.6 Å². The Balaban J connectivity index is 0.000000606. The molecule has 1 amide bonds. The van der Waals surface area contributed by atoms with Crippen LogP contribution in [-0.4, -0.2) is 36.2 Å². The summed E-state index contributed by atoms with van der Waals surface area (Å²) in [7, 11) is 0. The zero-order valence-corrected chi connectivity index (χ0v) is 27.6. The van der Waals surface area contributed by atoms with Crippen LogP contribution in [0.1, 0.15) is 85.1 Å². The summed E-state index contributed by atoms with van der Waals surface area (Å²) in [4.78, 5) is 15.8. The zero-order valence-electron chi connectivity index (χ0n) is 27.6. The highest BCUT2D eigenvalue weighted by molar-refractivity contribution is 6.12. The van der Waals surface area contributed by atoms with Gasteiger partial charge in [0.25, 0.3) is 11.8 Å². The third-order valence-corrected chi connectivity index (χ3v) is 9.20. The van der Waals surface area contributed by atoms with Crippen molar-refractivity contribution >= 4 is 17.3 Å². The van der Waals surface area contributed by atoms with E-state index in [-0.39, 0.29) is 23.1 Å². The molecule has 3 aromatic carbocycles. The molecule has 246 valence electrons. The quantitative estimate of drug-likeness (QED) is 0.137. The van der Waals surface area contributed by atoms with Gasteiger partial charge in [0.2, 0.25) is 0 Å². The number of hydrogen-bond acceptors (Lipinski definition) is 3. The third kappa shape index (κ3) is 8.06. The number of carbonyl (C=O) groups is 1. The number of allylic oxidation sites excluding steroid dienone is 1. The van der Waals surface area contributed by atoms with Gasteiger partial charge in [0.1, 0.15) is 0 Å². The molecule has 2 fully saturated rings. The largest absolute Gasteiger partial charge is 0.337 e. The summed E-state index contributed by atoms with van der Waals surface area (Å²) in [6, 6.07) is 17.6. The number of rotatable bonds is 10. The van der Waals surface area contributed by atoms with E-state index < -0.39 is 12.5 Å². The average Bonchev–Trinajstić information content (AvgIpc) is 3.85. The molecule has 1 saturated heterocycles. The SMILES string of the molecule is CC=C(C1CN(C(=O)c2ccc(C(=N)c3cccc(C(C)(F)F)c3)c(C)c2)C1)N(c1ccccc1C)C(F)F.CCC(C)C1CC1. The number of hydrogen-bond donors (Lipinski definition) is 1. The molecule has 5 rings (SSSR count). The number of halogens is 4. The summed E-state index contributed by atoms with van der Waals surface area (Å²) in [6.07, 6.45) is 6.08. The second kappa shape index (κ2) is 14.7. The maximum Gasteiger partial charge on any atom is 0.319 e. The van der Waals surface area contributed by atoms with Crippen LogP contribution in [0, 0.1) is 37.0 Å². The van der Waals surface area contributed by atoms with Gasteiger partial charge in [-0.05, 0) is 80.8 Å². The average molecular weight is 636 g/mol. The molecule has 1 unspecified atom stereocenters. The highest BCUT2D eigenvalue weighted by atomic mass is 19.3. The van der Waals surface area contributed by atoms with E-state index >= 15 is 0 Å². The molecule has 0 spiro atoms. The lowest BCUT2D eigenvalue weighted by molar-refractivity contribution is 0.0174. The monoisotopic (exact) mass is 635 g/mol. The van der Waals surface area contributed by atoms with Crippen molar-refractivity contribution in [1.82, 2.24) is 4.90 Å². The molecule has 1 aliphatic carbocycles. The van der Waals surface area contributed by atoms with Crippen molar-refractivity contribution < 1.29 is 22.4 Å². The molecule has 1 heterocycles. The normalized spacial score (nSPS) is 16.0. The van der Waals surface area contributed by atoms with Crippen LogP contribution in [0.3, 0.4) is 0 Å². The van der Waals surface area contributed by atoms with E-state index in [0.717, 1.165) is 29.2 Å². The van der Waals surface area contributed by atoms with Crippen LogP contribution in [0.2, 0.25) is 0 Å². The van der Waals surface area contributed by atoms with Crippen LogP contribution in [0.25, 0.3) is 0 Å². The molecule has 0 radical (unpaired) electrons. The van der Waals surface area contributed by atoms with Crippen molar-refractivity contribution in [3.63, 3.8) is 0 Å². The summed E-state index contributed by atoms with van der Waals surface area (Å²) >= 11 is 0. The maximum atomic E-state index is 14.1. The maximum absolute atomic E-state index is 14.1. The van der Waals surface area contributed by atoms with Gasteiger partial charge < -0.3 is 4.90 Å². The van der Waals surface area contributed by atoms with Crippen LogP contribution in [0.4, 0.5) is 23.2 Å². The molecule has 4 nitrogen and oxygen atoms in total. The number of carbonyl (C=O) groups excluding carboxylic acids is 1. The first-order valence-corrected chi connectivity index (χ1v) is 16.0. The van der Waals surface area contributed by atoms with Crippen LogP contribution >= 0.6 is 0 Å². The molecule has 1 aliphatic heterocycles. The van der Waals surface area contributed by atoms with E-state index in [4.69, 9.17) is 5.41 Å². The summed E-state index contributed by atoms with van der Waals surface area (Å²) < 4.78 is 55.8. The van der Waals surface area contributed by atoms with Crippen molar-refractivity contribution in [3.05, 3.63) is 112 Å². The van der Waals surface area contributed by atoms with E-state index in [2.05, 4.69) is 13.8 Å². The van der Waals surface area contributed by atoms with Crippen molar-refractivity contribution in [3.8, 4) is 0 Å². The first-order chi connectivity index (χ1) is 21.8. The molecule has 0 aromatic heterocycles. The highest BCUT2D eigenvalue weighted by Crippen LogP contribution is 2.38. The van der Waals surface area contributed by atoms with Gasteiger partial charge in [-0.15, -0.1) is 0 Å². The number of amides is 1. The topological polar surface area (TPSA) is 47.4 Å². The predicted octanol–water partition coefficient (Wildman–Crippen LogP) is 9.98. The van der Waals surface area contributed by atoms with Crippen molar-refractivity contribution in [2.45, 2.75) is 73.3 Å². The Morgan fingerprint density at radius 3 is 2.20 bits per heavy atom. The highest BCUT2D eigenvalue weighted by Gasteiger charge is 2.38. The fourth-order valence-electron chi connectivity index (χ4n) is 5.96. The summed E-state index contributed by atoms with van der Waals surface area (Å²) in [6.45, 7) is 8.62. The molecule has 1 N–H and O–H groups in total. The Hall–Kier alpha value is -3.94. The van der Waals surface area contributed by atoms with Crippen molar-refractivity contribution in [1.29, 1.82) is 5.41 Å². The Morgan fingerprint density at radius 1 is 1.00 bits per heavy atom. The predicted molar refractivity (Wildman–Crippen MR) is 178 cm³/mol. The minimum absolute atomic E-state index is 0.0858. The van der Waals surface area contributed by atoms with Crippen molar-refractivity contribution in [2.24, 2.45) is 17.8 Å². The van der Waals surface area contributed by atoms with E-state index in [1.807, 2.05) is 0 Å². The molecule has 1 atom stereocenters. The second-order valence-corrected chi connectivity index (χ2v) is 12.7. The van der Waals surface area contributed by atoms with Gasteiger partial charge in [-0.1, -0.05) is 68.8 Å². The molecule has 8 heteroatoms. The van der Waals surface area contributed by atoms with Gasteiger partial charge >= 0.3 is 6.55 Å². The lowest BCUT2D eigenvalue weighted by Gasteiger charge is -2.44. The van der Waals surface area contributed by atoms with Gasteiger partial charge in [-0.25, -0.2) is 8.78 Å². The van der Waals surface area contributed by atoms with Gasteiger partial charge in [-0.3, -0.25) is 15.1 Å². The minimum Gasteiger partial charge on any atom is -0.337 e. The van der Waals surface area contributed by atoms with Gasteiger partial charge in [0.15, 0.2) is 0 Å². The number of likely N-dealkylation sites (tertiary alicyclic amines) is 1. The van der Waals surface area contributed by atoms with E-state index in [0.29, 0.717) is 46.7 Å². The van der Waals surface area contributed by atoms with Gasteiger partial charge in [0.05, 0.1) is 5.71 Å². The summed E-state index contributed by atoms with van der Waals surface area (Å²) in [5.41, 5.74) is 3.54.